The van der Waals surface area contributed by atoms with Gasteiger partial charge in [0.05, 0.1) is 19.1 Å². The number of halogens is 3. The van der Waals surface area contributed by atoms with Gasteiger partial charge in [-0.15, -0.1) is 4.72 Å². The van der Waals surface area contributed by atoms with Crippen molar-refractivity contribution in [3.05, 3.63) is 33.8 Å². The van der Waals surface area contributed by atoms with E-state index in [2.05, 4.69) is 20.7 Å². The van der Waals surface area contributed by atoms with E-state index in [4.69, 9.17) is 4.74 Å². The summed E-state index contributed by atoms with van der Waals surface area (Å²) in [6.07, 6.45) is -0.261. The van der Waals surface area contributed by atoms with Crippen molar-refractivity contribution in [1.29, 1.82) is 0 Å². The second kappa shape index (κ2) is 8.41. The average molecular weight is 412 g/mol. The lowest BCUT2D eigenvalue weighted by atomic mass is 10.0. The maximum absolute atomic E-state index is 14.1. The van der Waals surface area contributed by atoms with Crippen molar-refractivity contribution in [3.8, 4) is 0 Å². The van der Waals surface area contributed by atoms with Crippen LogP contribution in [-0.4, -0.2) is 21.9 Å². The van der Waals surface area contributed by atoms with Crippen LogP contribution in [0.15, 0.2) is 16.6 Å². The van der Waals surface area contributed by atoms with Crippen LogP contribution >= 0.6 is 15.9 Å². The van der Waals surface area contributed by atoms with Crippen molar-refractivity contribution >= 4 is 33.3 Å². The normalized spacial score (nSPS) is 14.4. The van der Waals surface area contributed by atoms with Crippen molar-refractivity contribution in [3.63, 3.8) is 0 Å². The molecule has 1 aromatic rings. The first-order chi connectivity index (χ1) is 10.6. The Kier molecular flexibility index (Phi) is 7.44. The quantitative estimate of drug-likeness (QED) is 0.439. The molecule has 23 heavy (non-hydrogen) atoms. The highest BCUT2D eigenvalue weighted by Gasteiger charge is 2.33. The standard InChI is InChI=1S/C15H20BrF2NO3S/c1-5-22-13(20)8-12(19-23(21)15(2,3)4)10-6-9(16)7-11(17)14(10)18/h6-7,12,19H,5,8H2,1-4H3. The van der Waals surface area contributed by atoms with Gasteiger partial charge in [0.25, 0.3) is 0 Å². The second-order valence-electron chi connectivity index (χ2n) is 5.85. The van der Waals surface area contributed by atoms with Gasteiger partial charge in [-0.3, -0.25) is 4.79 Å². The molecule has 0 fully saturated rings. The molecule has 4 nitrogen and oxygen atoms in total. The van der Waals surface area contributed by atoms with E-state index in [-0.39, 0.29) is 18.6 Å². The Morgan fingerprint density at radius 1 is 1.43 bits per heavy atom. The van der Waals surface area contributed by atoms with Crippen LogP contribution in [0.3, 0.4) is 0 Å². The summed E-state index contributed by atoms with van der Waals surface area (Å²) in [6.45, 7) is 7.01. The van der Waals surface area contributed by atoms with Crippen molar-refractivity contribution < 1.29 is 22.9 Å². The molecule has 8 heteroatoms. The summed E-state index contributed by atoms with van der Waals surface area (Å²) < 4.78 is 47.3. The highest BCUT2D eigenvalue weighted by atomic mass is 79.9. The zero-order chi connectivity index (χ0) is 17.8. The lowest BCUT2D eigenvalue weighted by Crippen LogP contribution is -2.42. The number of hydrogen-bond acceptors (Lipinski definition) is 4. The van der Waals surface area contributed by atoms with Crippen molar-refractivity contribution in [2.75, 3.05) is 6.61 Å². The van der Waals surface area contributed by atoms with Crippen molar-refractivity contribution in [2.45, 2.75) is 44.9 Å². The predicted octanol–water partition coefficient (Wildman–Crippen LogP) is 3.77. The Balaban J connectivity index is 3.16. The van der Waals surface area contributed by atoms with Gasteiger partial charge in [-0.25, -0.2) is 8.78 Å². The van der Waals surface area contributed by atoms with Crippen LogP contribution in [0.4, 0.5) is 8.78 Å². The highest BCUT2D eigenvalue weighted by Crippen LogP contribution is 2.29. The first-order valence-corrected chi connectivity index (χ1v) is 8.98. The Morgan fingerprint density at radius 3 is 2.57 bits per heavy atom. The summed E-state index contributed by atoms with van der Waals surface area (Å²) in [7, 11) is 0. The van der Waals surface area contributed by atoms with Gasteiger partial charge in [-0.05, 0) is 39.8 Å². The first kappa shape index (κ1) is 20.3. The molecular formula is C15H20BrF2NO3S. The minimum Gasteiger partial charge on any atom is -0.598 e. The zero-order valence-electron chi connectivity index (χ0n) is 13.4. The van der Waals surface area contributed by atoms with E-state index >= 15 is 0 Å². The topological polar surface area (TPSA) is 61.4 Å². The summed E-state index contributed by atoms with van der Waals surface area (Å²) >= 11 is 1.52. The molecule has 1 rings (SSSR count). The molecule has 0 bridgehead atoms. The molecule has 1 N–H and O–H groups in total. The molecule has 0 aliphatic rings. The average Bonchev–Trinajstić information content (AvgIpc) is 2.41. The summed E-state index contributed by atoms with van der Waals surface area (Å²) in [5.41, 5.74) is -0.0810. The van der Waals surface area contributed by atoms with E-state index in [9.17, 15) is 18.1 Å². The van der Waals surface area contributed by atoms with Gasteiger partial charge >= 0.3 is 5.97 Å². The maximum atomic E-state index is 14.1. The van der Waals surface area contributed by atoms with Crippen LogP contribution in [0, 0.1) is 11.6 Å². The smallest absolute Gasteiger partial charge is 0.307 e. The van der Waals surface area contributed by atoms with E-state index in [1.807, 2.05) is 0 Å². The van der Waals surface area contributed by atoms with Crippen LogP contribution in [0.25, 0.3) is 0 Å². The lowest BCUT2D eigenvalue weighted by molar-refractivity contribution is -0.143. The molecule has 0 aliphatic carbocycles. The van der Waals surface area contributed by atoms with E-state index in [0.29, 0.717) is 4.47 Å². The summed E-state index contributed by atoms with van der Waals surface area (Å²) in [6, 6.07) is 1.37. The molecule has 2 unspecified atom stereocenters. The Hall–Kier alpha value is -0.700. The van der Waals surface area contributed by atoms with Crippen LogP contribution in [0.2, 0.25) is 0 Å². The van der Waals surface area contributed by atoms with Gasteiger partial charge < -0.3 is 9.29 Å². The number of benzene rings is 1. The Morgan fingerprint density at radius 2 is 2.04 bits per heavy atom. The molecule has 130 valence electrons. The molecule has 0 radical (unpaired) electrons. The highest BCUT2D eigenvalue weighted by molar-refractivity contribution is 9.10. The fraction of sp³-hybridized carbons (Fsp3) is 0.533. The summed E-state index contributed by atoms with van der Waals surface area (Å²) in [5.74, 6) is -2.72. The number of carbonyl (C=O) groups is 1. The van der Waals surface area contributed by atoms with Gasteiger partial charge in [0.15, 0.2) is 11.6 Å². The van der Waals surface area contributed by atoms with Crippen LogP contribution < -0.4 is 4.72 Å². The van der Waals surface area contributed by atoms with Crippen molar-refractivity contribution in [2.24, 2.45) is 0 Å². The molecule has 0 amide bonds. The fourth-order valence-corrected chi connectivity index (χ4v) is 3.01. The molecule has 0 saturated heterocycles. The van der Waals surface area contributed by atoms with Gasteiger partial charge in [-0.2, -0.15) is 0 Å². The van der Waals surface area contributed by atoms with Crippen molar-refractivity contribution in [1.82, 2.24) is 4.72 Å². The van der Waals surface area contributed by atoms with Gasteiger partial charge in [-0.1, -0.05) is 15.9 Å². The molecule has 2 atom stereocenters. The predicted molar refractivity (Wildman–Crippen MR) is 89.1 cm³/mol. The Labute approximate surface area is 146 Å². The molecular weight excluding hydrogens is 392 g/mol. The molecule has 1 aromatic carbocycles. The number of rotatable bonds is 6. The number of ether oxygens (including phenoxy) is 1. The lowest BCUT2D eigenvalue weighted by Gasteiger charge is -2.28. The second-order valence-corrected chi connectivity index (χ2v) is 8.77. The third-order valence-electron chi connectivity index (χ3n) is 2.88. The maximum Gasteiger partial charge on any atom is 0.307 e. The number of carbonyl (C=O) groups excluding carboxylic acids is 1. The minimum atomic E-state index is -1.57. The van der Waals surface area contributed by atoms with Gasteiger partial charge in [0.1, 0.15) is 4.75 Å². The molecule has 0 saturated carbocycles. The van der Waals surface area contributed by atoms with E-state index < -0.39 is 39.8 Å². The number of hydrogen-bond donors (Lipinski definition) is 1. The van der Waals surface area contributed by atoms with Gasteiger partial charge in [0.2, 0.25) is 0 Å². The van der Waals surface area contributed by atoms with E-state index in [0.717, 1.165) is 6.07 Å². The van der Waals surface area contributed by atoms with Crippen LogP contribution in [-0.2, 0) is 20.9 Å². The SMILES string of the molecule is CCOC(=O)CC(N[S+]([O-])C(C)(C)C)c1cc(Br)cc(F)c1F. The summed E-state index contributed by atoms with van der Waals surface area (Å²) in [5, 5.41) is 0. The van der Waals surface area contributed by atoms with Crippen LogP contribution in [0.5, 0.6) is 0 Å². The molecule has 0 aromatic heterocycles. The molecule has 0 spiro atoms. The minimum absolute atomic E-state index is 0.0810. The monoisotopic (exact) mass is 411 g/mol. The molecule has 0 heterocycles. The Bertz CT molecular complexity index is 566. The molecule has 0 aliphatic heterocycles. The fourth-order valence-electron chi connectivity index (χ4n) is 1.74. The van der Waals surface area contributed by atoms with E-state index in [1.165, 1.54) is 6.07 Å². The number of nitrogens with one attached hydrogen (secondary N) is 1. The third-order valence-corrected chi connectivity index (χ3v) is 4.95. The van der Waals surface area contributed by atoms with Crippen LogP contribution in [0.1, 0.15) is 45.7 Å². The van der Waals surface area contributed by atoms with Gasteiger partial charge in [0, 0.05) is 21.4 Å². The first-order valence-electron chi connectivity index (χ1n) is 7.04. The van der Waals surface area contributed by atoms with E-state index in [1.54, 1.807) is 27.7 Å². The third kappa shape index (κ3) is 6.02. The largest absolute Gasteiger partial charge is 0.598 e. The zero-order valence-corrected chi connectivity index (χ0v) is 15.8. The summed E-state index contributed by atoms with van der Waals surface area (Å²) in [4.78, 5) is 11.8. The number of esters is 1.